The minimum Gasteiger partial charge on any atom is -0.497 e. The molecular weight excluding hydrogens is 210 g/mol. The maximum absolute atomic E-state index is 5.26. The summed E-state index contributed by atoms with van der Waals surface area (Å²) in [5.74, 6) is 2.33. The third-order valence-corrected chi connectivity index (χ3v) is 3.23. The van der Waals surface area contributed by atoms with Crippen molar-refractivity contribution < 1.29 is 4.74 Å². The van der Waals surface area contributed by atoms with Gasteiger partial charge in [0.1, 0.15) is 5.75 Å². The molecule has 0 aliphatic rings. The first-order valence-corrected chi connectivity index (χ1v) is 6.51. The van der Waals surface area contributed by atoms with E-state index in [-0.39, 0.29) is 0 Å². The lowest BCUT2D eigenvalue weighted by molar-refractivity contribution is 0.362. The first kappa shape index (κ1) is 14.0. The van der Waals surface area contributed by atoms with Gasteiger partial charge in [-0.3, -0.25) is 0 Å². The van der Waals surface area contributed by atoms with Gasteiger partial charge >= 0.3 is 0 Å². The van der Waals surface area contributed by atoms with Crippen molar-refractivity contribution in [1.29, 1.82) is 0 Å². The van der Waals surface area contributed by atoms with Crippen LogP contribution in [0.1, 0.15) is 26.3 Å². The Balaban J connectivity index is 2.64. The van der Waals surface area contributed by atoms with Crippen molar-refractivity contribution in [2.45, 2.75) is 27.2 Å². The van der Waals surface area contributed by atoms with E-state index in [2.05, 4.69) is 44.3 Å². The summed E-state index contributed by atoms with van der Waals surface area (Å²) in [4.78, 5) is 0. The highest BCUT2D eigenvalue weighted by molar-refractivity contribution is 5.28. The number of methoxy groups -OCH3 is 1. The van der Waals surface area contributed by atoms with Gasteiger partial charge in [0.25, 0.3) is 0 Å². The van der Waals surface area contributed by atoms with Gasteiger partial charge in [0, 0.05) is 0 Å². The second-order valence-corrected chi connectivity index (χ2v) is 4.87. The molecule has 1 aromatic rings. The lowest BCUT2D eigenvalue weighted by Gasteiger charge is -2.21. The molecule has 17 heavy (non-hydrogen) atoms. The van der Waals surface area contributed by atoms with Crippen molar-refractivity contribution >= 4 is 0 Å². The molecule has 0 bridgehead atoms. The van der Waals surface area contributed by atoms with Gasteiger partial charge in [-0.25, -0.2) is 0 Å². The third-order valence-electron chi connectivity index (χ3n) is 3.23. The number of benzene rings is 1. The fraction of sp³-hybridized carbons (Fsp3) is 0.600. The van der Waals surface area contributed by atoms with Crippen LogP contribution < -0.4 is 10.1 Å². The molecule has 2 heteroatoms. The van der Waals surface area contributed by atoms with Gasteiger partial charge in [0.15, 0.2) is 0 Å². The fourth-order valence-corrected chi connectivity index (χ4v) is 1.98. The first-order valence-electron chi connectivity index (χ1n) is 6.51. The Morgan fingerprint density at radius 1 is 1.29 bits per heavy atom. The molecule has 0 saturated heterocycles. The Morgan fingerprint density at radius 2 is 2.06 bits per heavy atom. The summed E-state index contributed by atoms with van der Waals surface area (Å²) in [6.45, 7) is 8.87. The van der Waals surface area contributed by atoms with Gasteiger partial charge in [-0.05, 0) is 49.0 Å². The Hall–Kier alpha value is -1.02. The number of hydrogen-bond donors (Lipinski definition) is 1. The highest BCUT2D eigenvalue weighted by atomic mass is 16.5. The van der Waals surface area contributed by atoms with Crippen molar-refractivity contribution in [2.75, 3.05) is 20.2 Å². The minimum absolute atomic E-state index is 0.682. The van der Waals surface area contributed by atoms with E-state index in [1.54, 1.807) is 7.11 Å². The quantitative estimate of drug-likeness (QED) is 0.784. The molecule has 0 aliphatic carbocycles. The van der Waals surface area contributed by atoms with Crippen LogP contribution in [0.4, 0.5) is 0 Å². The summed E-state index contributed by atoms with van der Waals surface area (Å²) >= 11 is 0. The van der Waals surface area contributed by atoms with Gasteiger partial charge in [0.2, 0.25) is 0 Å². The maximum Gasteiger partial charge on any atom is 0.119 e. The van der Waals surface area contributed by atoms with Crippen LogP contribution in [0.15, 0.2) is 24.3 Å². The van der Waals surface area contributed by atoms with Gasteiger partial charge in [-0.2, -0.15) is 0 Å². The molecule has 0 saturated carbocycles. The van der Waals surface area contributed by atoms with E-state index in [0.717, 1.165) is 25.3 Å². The summed E-state index contributed by atoms with van der Waals surface area (Å²) in [6, 6.07) is 8.39. The Morgan fingerprint density at radius 3 is 2.65 bits per heavy atom. The van der Waals surface area contributed by atoms with E-state index in [0.29, 0.717) is 11.8 Å². The second-order valence-electron chi connectivity index (χ2n) is 4.87. The smallest absolute Gasteiger partial charge is 0.119 e. The molecular formula is C15H25NO. The number of hydrogen-bond acceptors (Lipinski definition) is 2. The molecule has 1 N–H and O–H groups in total. The normalized spacial score (nSPS) is 12.8. The number of rotatable bonds is 7. The van der Waals surface area contributed by atoms with Crippen LogP contribution in [-0.4, -0.2) is 20.2 Å². The minimum atomic E-state index is 0.682. The largest absolute Gasteiger partial charge is 0.497 e. The van der Waals surface area contributed by atoms with Gasteiger partial charge < -0.3 is 10.1 Å². The molecule has 1 atom stereocenters. The van der Waals surface area contributed by atoms with Crippen LogP contribution in [0.25, 0.3) is 0 Å². The Kier molecular flexibility index (Phi) is 6.06. The maximum atomic E-state index is 5.26. The summed E-state index contributed by atoms with van der Waals surface area (Å²) < 4.78 is 5.26. The predicted octanol–water partition coefficient (Wildman–Crippen LogP) is 3.12. The second kappa shape index (κ2) is 7.33. The molecule has 96 valence electrons. The van der Waals surface area contributed by atoms with Crippen molar-refractivity contribution in [3.05, 3.63) is 29.8 Å². The molecule has 1 unspecified atom stereocenters. The van der Waals surface area contributed by atoms with E-state index in [9.17, 15) is 0 Å². The van der Waals surface area contributed by atoms with Crippen LogP contribution in [0.5, 0.6) is 5.75 Å². The van der Waals surface area contributed by atoms with E-state index in [1.165, 1.54) is 5.56 Å². The standard InChI is InChI=1S/C15H25NO/c1-5-16-11-14(12(2)3)9-13-7-6-8-15(10-13)17-4/h6-8,10,12,14,16H,5,9,11H2,1-4H3. The zero-order chi connectivity index (χ0) is 12.7. The zero-order valence-electron chi connectivity index (χ0n) is 11.5. The van der Waals surface area contributed by atoms with Crippen LogP contribution >= 0.6 is 0 Å². The lowest BCUT2D eigenvalue weighted by Crippen LogP contribution is -2.27. The molecule has 0 aromatic heterocycles. The lowest BCUT2D eigenvalue weighted by atomic mass is 9.89. The Bertz CT molecular complexity index is 322. The van der Waals surface area contributed by atoms with Crippen LogP contribution in [0, 0.1) is 11.8 Å². The third kappa shape index (κ3) is 4.78. The predicted molar refractivity (Wildman–Crippen MR) is 73.6 cm³/mol. The molecule has 0 spiro atoms. The molecule has 0 aliphatic heterocycles. The molecule has 0 amide bonds. The SMILES string of the molecule is CCNCC(Cc1cccc(OC)c1)C(C)C. The topological polar surface area (TPSA) is 21.3 Å². The molecule has 2 nitrogen and oxygen atoms in total. The summed E-state index contributed by atoms with van der Waals surface area (Å²) in [5.41, 5.74) is 1.36. The van der Waals surface area contributed by atoms with Crippen molar-refractivity contribution in [1.82, 2.24) is 5.32 Å². The average Bonchev–Trinajstić information content (AvgIpc) is 2.34. The number of ether oxygens (including phenoxy) is 1. The first-order chi connectivity index (χ1) is 8.17. The Labute approximate surface area is 105 Å². The van der Waals surface area contributed by atoms with Gasteiger partial charge in [0.05, 0.1) is 7.11 Å². The molecule has 0 heterocycles. The van der Waals surface area contributed by atoms with Crippen LogP contribution in [0.2, 0.25) is 0 Å². The molecule has 0 fully saturated rings. The number of nitrogens with one attached hydrogen (secondary N) is 1. The van der Waals surface area contributed by atoms with Crippen molar-refractivity contribution in [3.63, 3.8) is 0 Å². The van der Waals surface area contributed by atoms with E-state index in [1.807, 2.05) is 6.07 Å². The van der Waals surface area contributed by atoms with Crippen molar-refractivity contribution in [3.8, 4) is 5.75 Å². The highest BCUT2D eigenvalue weighted by Gasteiger charge is 2.13. The summed E-state index contributed by atoms with van der Waals surface area (Å²) in [7, 11) is 1.72. The monoisotopic (exact) mass is 235 g/mol. The van der Waals surface area contributed by atoms with E-state index in [4.69, 9.17) is 4.74 Å². The summed E-state index contributed by atoms with van der Waals surface area (Å²) in [5, 5.41) is 3.45. The molecule has 1 aromatic carbocycles. The van der Waals surface area contributed by atoms with E-state index >= 15 is 0 Å². The highest BCUT2D eigenvalue weighted by Crippen LogP contribution is 2.20. The van der Waals surface area contributed by atoms with E-state index < -0.39 is 0 Å². The van der Waals surface area contributed by atoms with Crippen LogP contribution in [-0.2, 0) is 6.42 Å². The average molecular weight is 235 g/mol. The summed E-state index contributed by atoms with van der Waals surface area (Å²) in [6.07, 6.45) is 1.11. The fourth-order valence-electron chi connectivity index (χ4n) is 1.98. The molecule has 1 rings (SSSR count). The molecule has 0 radical (unpaired) electrons. The van der Waals surface area contributed by atoms with Gasteiger partial charge in [-0.15, -0.1) is 0 Å². The zero-order valence-corrected chi connectivity index (χ0v) is 11.5. The van der Waals surface area contributed by atoms with Gasteiger partial charge in [-0.1, -0.05) is 32.9 Å². The van der Waals surface area contributed by atoms with Crippen molar-refractivity contribution in [2.24, 2.45) is 11.8 Å². The van der Waals surface area contributed by atoms with Crippen LogP contribution in [0.3, 0.4) is 0 Å².